The van der Waals surface area contributed by atoms with Crippen molar-refractivity contribution in [1.82, 2.24) is 0 Å². The minimum atomic E-state index is -0.510. The van der Waals surface area contributed by atoms with Gasteiger partial charge in [0.15, 0.2) is 0 Å². The number of benzene rings is 10. The maximum Gasteiger partial charge on any atom is 0.136 e. The highest BCUT2D eigenvalue weighted by Gasteiger charge is 2.47. The van der Waals surface area contributed by atoms with Gasteiger partial charge in [0.2, 0.25) is 0 Å². The van der Waals surface area contributed by atoms with E-state index in [1.54, 1.807) is 0 Å². The SMILES string of the molecule is c1ccc(C2(c3ccccc3)c3ccccc3-c3c(N(c4ccc(-c5ccc6c(c5)oc5ccccc56)cc4)c4ccc(-c5ccc6sc7ccccc7c6c5)cc4)cccc32)cc1. The Kier molecular flexibility index (Phi) is 8.34. The van der Waals surface area contributed by atoms with Crippen LogP contribution in [0.15, 0.2) is 241 Å². The van der Waals surface area contributed by atoms with Crippen molar-refractivity contribution in [1.29, 1.82) is 0 Å². The van der Waals surface area contributed by atoms with Crippen molar-refractivity contribution in [3.05, 3.63) is 259 Å². The van der Waals surface area contributed by atoms with Gasteiger partial charge < -0.3 is 9.32 Å². The Labute approximate surface area is 375 Å². The third-order valence-electron chi connectivity index (χ3n) is 13.4. The summed E-state index contributed by atoms with van der Waals surface area (Å²) in [6.45, 7) is 0. The van der Waals surface area contributed by atoms with Gasteiger partial charge in [0.25, 0.3) is 0 Å². The van der Waals surface area contributed by atoms with Gasteiger partial charge in [0.05, 0.1) is 11.1 Å². The zero-order valence-electron chi connectivity index (χ0n) is 34.8. The summed E-state index contributed by atoms with van der Waals surface area (Å²) in [5.74, 6) is 0. The first kappa shape index (κ1) is 36.7. The molecule has 0 amide bonds. The number of nitrogens with zero attached hydrogens (tertiary/aromatic N) is 1. The lowest BCUT2D eigenvalue weighted by molar-refractivity contribution is 0.669. The molecule has 0 radical (unpaired) electrons. The molecule has 64 heavy (non-hydrogen) atoms. The Morgan fingerprint density at radius 3 is 1.64 bits per heavy atom. The molecule has 0 atom stereocenters. The second-order valence-corrected chi connectivity index (χ2v) is 17.9. The van der Waals surface area contributed by atoms with Crippen molar-refractivity contribution in [3.63, 3.8) is 0 Å². The largest absolute Gasteiger partial charge is 0.456 e. The molecule has 0 saturated carbocycles. The second-order valence-electron chi connectivity index (χ2n) is 16.8. The number of hydrogen-bond acceptors (Lipinski definition) is 3. The highest BCUT2D eigenvalue weighted by molar-refractivity contribution is 7.25. The summed E-state index contributed by atoms with van der Waals surface area (Å²) in [7, 11) is 0. The van der Waals surface area contributed by atoms with Gasteiger partial charge in [-0.2, -0.15) is 0 Å². The number of para-hydroxylation sites is 1. The third kappa shape index (κ3) is 5.58. The Hall–Kier alpha value is -7.98. The molecule has 0 bridgehead atoms. The fourth-order valence-electron chi connectivity index (χ4n) is 10.5. The Morgan fingerprint density at radius 2 is 0.906 bits per heavy atom. The van der Waals surface area contributed by atoms with E-state index in [0.717, 1.165) is 50.1 Å². The molecule has 0 spiro atoms. The van der Waals surface area contributed by atoms with E-state index in [2.05, 4.69) is 229 Å². The maximum absolute atomic E-state index is 6.31. The molecular weight excluding hydrogens is 795 g/mol. The molecule has 12 aromatic rings. The van der Waals surface area contributed by atoms with Gasteiger partial charge in [-0.3, -0.25) is 0 Å². The summed E-state index contributed by atoms with van der Waals surface area (Å²) >= 11 is 1.86. The average molecular weight is 834 g/mol. The molecule has 0 N–H and O–H groups in total. The van der Waals surface area contributed by atoms with E-state index in [-0.39, 0.29) is 0 Å². The predicted molar refractivity (Wildman–Crippen MR) is 269 cm³/mol. The van der Waals surface area contributed by atoms with E-state index in [1.807, 2.05) is 23.5 Å². The van der Waals surface area contributed by atoms with Crippen molar-refractivity contribution >= 4 is 70.5 Å². The van der Waals surface area contributed by atoms with Gasteiger partial charge in [-0.05, 0) is 117 Å². The van der Waals surface area contributed by atoms with Gasteiger partial charge in [-0.25, -0.2) is 0 Å². The minimum Gasteiger partial charge on any atom is -0.456 e. The van der Waals surface area contributed by atoms with Crippen LogP contribution in [0.1, 0.15) is 22.3 Å². The number of hydrogen-bond donors (Lipinski definition) is 0. The molecule has 0 fully saturated rings. The number of rotatable bonds is 7. The first-order valence-electron chi connectivity index (χ1n) is 21.9. The summed E-state index contributed by atoms with van der Waals surface area (Å²) in [5, 5.41) is 4.90. The molecular formula is C61H39NOS. The van der Waals surface area contributed by atoms with Crippen molar-refractivity contribution < 1.29 is 4.42 Å². The first-order chi connectivity index (χ1) is 31.7. The molecule has 1 aliphatic rings. The van der Waals surface area contributed by atoms with Crippen LogP contribution in [-0.4, -0.2) is 0 Å². The van der Waals surface area contributed by atoms with E-state index in [4.69, 9.17) is 4.42 Å². The van der Waals surface area contributed by atoms with E-state index in [9.17, 15) is 0 Å². The maximum atomic E-state index is 6.31. The van der Waals surface area contributed by atoms with Crippen LogP contribution in [0, 0.1) is 0 Å². The van der Waals surface area contributed by atoms with E-state index in [0.29, 0.717) is 0 Å². The standard InChI is InChI=1S/C61H39NOS/c1-3-14-44(15-4-1)61(45-16-5-2-6-17-45)53-21-10-7-20-51(53)60-54(61)22-13-23-55(60)62(46-32-26-40(27-33-46)42-31-37-59-52(38-42)50-19-9-12-25-58(50)64-59)47-34-28-41(29-35-47)43-30-36-49-48-18-8-11-24-56(48)63-57(49)39-43/h1-39H. The van der Waals surface area contributed by atoms with Crippen molar-refractivity contribution in [2.75, 3.05) is 4.90 Å². The topological polar surface area (TPSA) is 16.4 Å². The van der Waals surface area contributed by atoms with Gasteiger partial charge in [-0.1, -0.05) is 170 Å². The first-order valence-corrected chi connectivity index (χ1v) is 22.7. The van der Waals surface area contributed by atoms with Crippen molar-refractivity contribution in [3.8, 4) is 33.4 Å². The van der Waals surface area contributed by atoms with E-state index in [1.165, 1.54) is 64.7 Å². The highest BCUT2D eigenvalue weighted by Crippen LogP contribution is 2.59. The molecule has 13 rings (SSSR count). The van der Waals surface area contributed by atoms with Gasteiger partial charge in [-0.15, -0.1) is 11.3 Å². The molecule has 0 unspecified atom stereocenters. The van der Waals surface area contributed by atoms with Crippen LogP contribution in [0.4, 0.5) is 17.1 Å². The van der Waals surface area contributed by atoms with Crippen LogP contribution in [0.5, 0.6) is 0 Å². The van der Waals surface area contributed by atoms with Crippen LogP contribution in [0.25, 0.3) is 75.5 Å². The molecule has 10 aromatic carbocycles. The zero-order chi connectivity index (χ0) is 42.2. The van der Waals surface area contributed by atoms with Crippen molar-refractivity contribution in [2.45, 2.75) is 5.41 Å². The fourth-order valence-corrected chi connectivity index (χ4v) is 11.6. The smallest absolute Gasteiger partial charge is 0.136 e. The Bertz CT molecular complexity index is 3670. The predicted octanol–water partition coefficient (Wildman–Crippen LogP) is 17.1. The molecule has 3 heteroatoms. The van der Waals surface area contributed by atoms with Crippen LogP contribution in [-0.2, 0) is 5.41 Å². The van der Waals surface area contributed by atoms with Gasteiger partial charge >= 0.3 is 0 Å². The Morgan fingerprint density at radius 1 is 0.359 bits per heavy atom. The number of anilines is 3. The summed E-state index contributed by atoms with van der Waals surface area (Å²) in [6.07, 6.45) is 0. The van der Waals surface area contributed by atoms with Crippen LogP contribution >= 0.6 is 11.3 Å². The number of fused-ring (bicyclic) bond motifs is 9. The average Bonchev–Trinajstić information content (AvgIpc) is 4.03. The van der Waals surface area contributed by atoms with E-state index < -0.39 is 5.41 Å². The van der Waals surface area contributed by atoms with Crippen LogP contribution in [0.2, 0.25) is 0 Å². The molecule has 300 valence electrons. The molecule has 1 aliphatic carbocycles. The van der Waals surface area contributed by atoms with E-state index >= 15 is 0 Å². The zero-order valence-corrected chi connectivity index (χ0v) is 35.6. The van der Waals surface area contributed by atoms with Crippen molar-refractivity contribution in [2.24, 2.45) is 0 Å². The minimum absolute atomic E-state index is 0.510. The highest BCUT2D eigenvalue weighted by atomic mass is 32.1. The molecule has 2 nitrogen and oxygen atoms in total. The summed E-state index contributed by atoms with van der Waals surface area (Å²) in [6, 6.07) is 86.6. The fraction of sp³-hybridized carbons (Fsp3) is 0.0164. The normalized spacial score (nSPS) is 12.8. The summed E-state index contributed by atoms with van der Waals surface area (Å²) in [5.41, 5.74) is 16.8. The summed E-state index contributed by atoms with van der Waals surface area (Å²) in [4.78, 5) is 2.45. The van der Waals surface area contributed by atoms with Crippen LogP contribution < -0.4 is 4.90 Å². The van der Waals surface area contributed by atoms with Gasteiger partial charge in [0.1, 0.15) is 11.2 Å². The van der Waals surface area contributed by atoms with Crippen LogP contribution in [0.3, 0.4) is 0 Å². The molecule has 2 aromatic heterocycles. The number of furan rings is 1. The Balaban J connectivity index is 0.989. The summed E-state index contributed by atoms with van der Waals surface area (Å²) < 4.78 is 8.95. The molecule has 0 aliphatic heterocycles. The molecule has 0 saturated heterocycles. The quantitative estimate of drug-likeness (QED) is 0.159. The second kappa shape index (κ2) is 14.6. The molecule has 2 heterocycles. The van der Waals surface area contributed by atoms with Gasteiger partial charge in [0, 0.05) is 47.9 Å². The lowest BCUT2D eigenvalue weighted by Crippen LogP contribution is -2.28. The number of thiophene rings is 1. The lowest BCUT2D eigenvalue weighted by atomic mass is 9.68. The monoisotopic (exact) mass is 833 g/mol. The third-order valence-corrected chi connectivity index (χ3v) is 14.5. The lowest BCUT2D eigenvalue weighted by Gasteiger charge is -2.34.